The van der Waals surface area contributed by atoms with Gasteiger partial charge in [-0.2, -0.15) is 10.2 Å². The lowest BCUT2D eigenvalue weighted by Gasteiger charge is -2.30. The molecule has 1 aliphatic rings. The van der Waals surface area contributed by atoms with Gasteiger partial charge in [0.1, 0.15) is 17.3 Å². The lowest BCUT2D eigenvalue weighted by atomic mass is 9.92. The van der Waals surface area contributed by atoms with Gasteiger partial charge in [0, 0.05) is 60.2 Å². The zero-order valence-corrected chi connectivity index (χ0v) is 22.9. The number of rotatable bonds is 8. The standard InChI is InChI=1S/C29H37N7O2/c1-6-30-27-14-25-24(16-31-27)28(20-15-32-35(5)17-20)34-36(25)21-10-12-22(13-11-21)38-26-9-7-8-23(19(26)4)29(37)33-18(2)3/h7-9,14-18,21-22H,6,10-13H2,1-5H3,(H,30,31)(H,33,37). The van der Waals surface area contributed by atoms with Gasteiger partial charge in [0.15, 0.2) is 0 Å². The zero-order valence-electron chi connectivity index (χ0n) is 22.9. The predicted molar refractivity (Wildman–Crippen MR) is 150 cm³/mol. The number of benzene rings is 1. The third kappa shape index (κ3) is 5.23. The Morgan fingerprint density at radius 3 is 2.66 bits per heavy atom. The predicted octanol–water partition coefficient (Wildman–Crippen LogP) is 5.27. The van der Waals surface area contributed by atoms with E-state index in [-0.39, 0.29) is 24.1 Å². The van der Waals surface area contributed by atoms with Crippen LogP contribution in [0.15, 0.2) is 42.9 Å². The molecule has 0 aliphatic heterocycles. The highest BCUT2D eigenvalue weighted by Crippen LogP contribution is 2.37. The van der Waals surface area contributed by atoms with Crippen molar-refractivity contribution in [3.8, 4) is 17.0 Å². The number of carbonyl (C=O) groups excluding carboxylic acids is 1. The number of anilines is 1. The summed E-state index contributed by atoms with van der Waals surface area (Å²) in [6.07, 6.45) is 9.62. The molecule has 9 heteroatoms. The van der Waals surface area contributed by atoms with Crippen LogP contribution in [0.1, 0.15) is 68.4 Å². The van der Waals surface area contributed by atoms with Crippen LogP contribution in [0.5, 0.6) is 5.75 Å². The molecule has 1 aromatic carbocycles. The Kier molecular flexibility index (Phi) is 7.35. The van der Waals surface area contributed by atoms with Crippen LogP contribution in [0.25, 0.3) is 22.2 Å². The highest BCUT2D eigenvalue weighted by atomic mass is 16.5. The van der Waals surface area contributed by atoms with Gasteiger partial charge in [-0.1, -0.05) is 6.07 Å². The van der Waals surface area contributed by atoms with E-state index in [2.05, 4.69) is 38.4 Å². The number of nitrogens with zero attached hydrogens (tertiary/aromatic N) is 5. The summed E-state index contributed by atoms with van der Waals surface area (Å²) in [6, 6.07) is 8.17. The number of aromatic nitrogens is 5. The molecule has 0 saturated heterocycles. The van der Waals surface area contributed by atoms with Gasteiger partial charge in [-0.3, -0.25) is 14.2 Å². The summed E-state index contributed by atoms with van der Waals surface area (Å²) in [4.78, 5) is 17.2. The quantitative estimate of drug-likeness (QED) is 0.332. The second-order valence-corrected chi connectivity index (χ2v) is 10.4. The fourth-order valence-corrected chi connectivity index (χ4v) is 5.26. The van der Waals surface area contributed by atoms with Crippen molar-refractivity contribution in [2.45, 2.75) is 71.6 Å². The Labute approximate surface area is 223 Å². The van der Waals surface area contributed by atoms with Crippen molar-refractivity contribution in [3.05, 3.63) is 54.0 Å². The van der Waals surface area contributed by atoms with E-state index < -0.39 is 0 Å². The Balaban J connectivity index is 1.35. The van der Waals surface area contributed by atoms with Gasteiger partial charge in [-0.05, 0) is 65.5 Å². The molecule has 4 aromatic rings. The molecule has 0 radical (unpaired) electrons. The van der Waals surface area contributed by atoms with Crippen LogP contribution in [0.2, 0.25) is 0 Å². The van der Waals surface area contributed by atoms with Crippen molar-refractivity contribution in [2.75, 3.05) is 11.9 Å². The van der Waals surface area contributed by atoms with E-state index in [0.717, 1.165) is 71.5 Å². The van der Waals surface area contributed by atoms with Crippen LogP contribution in [-0.4, -0.2) is 49.1 Å². The molecule has 38 heavy (non-hydrogen) atoms. The maximum Gasteiger partial charge on any atom is 0.251 e. The van der Waals surface area contributed by atoms with E-state index >= 15 is 0 Å². The van der Waals surface area contributed by atoms with Crippen LogP contribution in [0.3, 0.4) is 0 Å². The number of amides is 1. The van der Waals surface area contributed by atoms with Crippen molar-refractivity contribution in [1.29, 1.82) is 0 Å². The number of hydrogen-bond acceptors (Lipinski definition) is 6. The molecule has 1 fully saturated rings. The van der Waals surface area contributed by atoms with E-state index in [4.69, 9.17) is 9.84 Å². The van der Waals surface area contributed by atoms with Crippen LogP contribution in [-0.2, 0) is 7.05 Å². The second-order valence-electron chi connectivity index (χ2n) is 10.4. The first kappa shape index (κ1) is 25.8. The highest BCUT2D eigenvalue weighted by Gasteiger charge is 2.27. The lowest BCUT2D eigenvalue weighted by Crippen LogP contribution is -2.31. The SMILES string of the molecule is CCNc1cc2c(cn1)c(-c1cnn(C)c1)nn2C1CCC(Oc2cccc(C(=O)NC(C)C)c2C)CC1. The Bertz CT molecular complexity index is 1430. The molecule has 9 nitrogen and oxygen atoms in total. The molecule has 1 saturated carbocycles. The zero-order chi connectivity index (χ0) is 26.8. The van der Waals surface area contributed by atoms with Crippen LogP contribution < -0.4 is 15.4 Å². The molecule has 3 heterocycles. The summed E-state index contributed by atoms with van der Waals surface area (Å²) >= 11 is 0. The average Bonchev–Trinajstić information content (AvgIpc) is 3.49. The van der Waals surface area contributed by atoms with Gasteiger partial charge in [0.05, 0.1) is 23.9 Å². The molecule has 0 unspecified atom stereocenters. The van der Waals surface area contributed by atoms with E-state index in [1.165, 1.54) is 0 Å². The van der Waals surface area contributed by atoms with Crippen LogP contribution >= 0.6 is 0 Å². The molecule has 3 aromatic heterocycles. The second kappa shape index (κ2) is 10.8. The fourth-order valence-electron chi connectivity index (χ4n) is 5.26. The number of fused-ring (bicyclic) bond motifs is 1. The van der Waals surface area contributed by atoms with Crippen molar-refractivity contribution >= 4 is 22.6 Å². The third-order valence-electron chi connectivity index (χ3n) is 7.16. The molecule has 5 rings (SSSR count). The highest BCUT2D eigenvalue weighted by molar-refractivity contribution is 5.96. The summed E-state index contributed by atoms with van der Waals surface area (Å²) in [5.74, 6) is 1.58. The van der Waals surface area contributed by atoms with Gasteiger partial charge >= 0.3 is 0 Å². The smallest absolute Gasteiger partial charge is 0.251 e. The normalized spacial score (nSPS) is 17.6. The molecule has 2 N–H and O–H groups in total. The molecule has 200 valence electrons. The maximum atomic E-state index is 12.6. The average molecular weight is 516 g/mol. The topological polar surface area (TPSA) is 98.9 Å². The summed E-state index contributed by atoms with van der Waals surface area (Å²) in [5, 5.41) is 16.8. The summed E-state index contributed by atoms with van der Waals surface area (Å²) in [5.41, 5.74) is 4.53. The first-order valence-corrected chi connectivity index (χ1v) is 13.5. The fraction of sp³-hybridized carbons (Fsp3) is 0.448. The van der Waals surface area contributed by atoms with Crippen molar-refractivity contribution < 1.29 is 9.53 Å². The van der Waals surface area contributed by atoms with Crippen LogP contribution in [0, 0.1) is 6.92 Å². The van der Waals surface area contributed by atoms with E-state index in [1.807, 2.05) is 64.6 Å². The van der Waals surface area contributed by atoms with Crippen molar-refractivity contribution in [1.82, 2.24) is 29.9 Å². The maximum absolute atomic E-state index is 12.6. The monoisotopic (exact) mass is 515 g/mol. The van der Waals surface area contributed by atoms with Crippen molar-refractivity contribution in [3.63, 3.8) is 0 Å². The largest absolute Gasteiger partial charge is 0.490 e. The van der Waals surface area contributed by atoms with Gasteiger partial charge in [0.2, 0.25) is 0 Å². The minimum Gasteiger partial charge on any atom is -0.490 e. The number of hydrogen-bond donors (Lipinski definition) is 2. The van der Waals surface area contributed by atoms with E-state index in [0.29, 0.717) is 5.56 Å². The summed E-state index contributed by atoms with van der Waals surface area (Å²) in [7, 11) is 1.92. The third-order valence-corrected chi connectivity index (χ3v) is 7.16. The van der Waals surface area contributed by atoms with Crippen molar-refractivity contribution in [2.24, 2.45) is 7.05 Å². The number of nitrogens with one attached hydrogen (secondary N) is 2. The van der Waals surface area contributed by atoms with Gasteiger partial charge < -0.3 is 15.4 Å². The molecular weight excluding hydrogens is 478 g/mol. The number of pyridine rings is 1. The molecule has 0 bridgehead atoms. The summed E-state index contributed by atoms with van der Waals surface area (Å²) < 4.78 is 10.4. The molecular formula is C29H37N7O2. The first-order valence-electron chi connectivity index (χ1n) is 13.5. The Hall–Kier alpha value is -3.88. The van der Waals surface area contributed by atoms with E-state index in [9.17, 15) is 4.79 Å². The van der Waals surface area contributed by atoms with Gasteiger partial charge in [-0.25, -0.2) is 4.98 Å². The molecule has 1 amide bonds. The van der Waals surface area contributed by atoms with Crippen LogP contribution in [0.4, 0.5) is 5.82 Å². The van der Waals surface area contributed by atoms with Gasteiger partial charge in [-0.15, -0.1) is 0 Å². The molecule has 0 atom stereocenters. The molecule has 1 aliphatic carbocycles. The Morgan fingerprint density at radius 2 is 1.97 bits per heavy atom. The molecule has 0 spiro atoms. The first-order chi connectivity index (χ1) is 18.3. The Morgan fingerprint density at radius 1 is 1.18 bits per heavy atom. The lowest BCUT2D eigenvalue weighted by molar-refractivity contribution is 0.0940. The minimum atomic E-state index is -0.0620. The summed E-state index contributed by atoms with van der Waals surface area (Å²) in [6.45, 7) is 8.77. The van der Waals surface area contributed by atoms with E-state index in [1.54, 1.807) is 4.68 Å². The number of carbonyl (C=O) groups is 1. The number of aryl methyl sites for hydroxylation is 1. The number of ether oxygens (including phenoxy) is 1. The van der Waals surface area contributed by atoms with Gasteiger partial charge in [0.25, 0.3) is 5.91 Å². The minimum absolute atomic E-state index is 0.0620.